The monoisotopic (exact) mass is 836 g/mol. The average molecular weight is 836 g/mol. The van der Waals surface area contributed by atoms with Crippen LogP contribution in [0.15, 0.2) is 11.6 Å². The lowest BCUT2D eigenvalue weighted by molar-refractivity contribution is -0.122. The van der Waals surface area contributed by atoms with Gasteiger partial charge in [0.25, 0.3) is 6.47 Å². The van der Waals surface area contributed by atoms with Crippen LogP contribution in [0, 0.1) is 47.3 Å². The lowest BCUT2D eigenvalue weighted by Crippen LogP contribution is -2.53. The minimum absolute atomic E-state index is 0.250. The number of carbonyl (C=O) groups is 1. The van der Waals surface area contributed by atoms with Crippen LogP contribution in [0.3, 0.4) is 0 Å². The lowest BCUT2D eigenvalue weighted by atomic mass is 9.56. The Bertz CT molecular complexity index is 1230. The maximum absolute atomic E-state index is 8.36. The Kier molecular flexibility index (Phi) is 21.1. The highest BCUT2D eigenvalue weighted by Gasteiger charge is 2.50. The van der Waals surface area contributed by atoms with Gasteiger partial charge in [-0.05, 0) is 202 Å². The number of carboxylic acid groups (broad SMARTS) is 1. The highest BCUT2D eigenvalue weighted by Crippen LogP contribution is 2.59. The molecule has 7 nitrogen and oxygen atoms in total. The molecule has 3 saturated carbocycles. The lowest BCUT2D eigenvalue weighted by Gasteiger charge is -2.49. The molecule has 0 bridgehead atoms. The molecule has 7 fully saturated rings. The molecule has 9 unspecified atom stereocenters. The Morgan fingerprint density at radius 2 is 1.20 bits per heavy atom. The van der Waals surface area contributed by atoms with Gasteiger partial charge in [0.1, 0.15) is 0 Å². The van der Waals surface area contributed by atoms with Crippen molar-refractivity contribution >= 4 is 6.47 Å². The number of rotatable bonds is 14. The van der Waals surface area contributed by atoms with E-state index in [1.54, 1.807) is 25.7 Å². The molecule has 0 aromatic carbocycles. The van der Waals surface area contributed by atoms with Gasteiger partial charge in [0.05, 0.1) is 12.3 Å². The van der Waals surface area contributed by atoms with Crippen molar-refractivity contribution in [1.82, 2.24) is 24.5 Å². The molecule has 0 aromatic rings. The van der Waals surface area contributed by atoms with Crippen molar-refractivity contribution < 1.29 is 9.90 Å². The second kappa shape index (κ2) is 26.1. The van der Waals surface area contributed by atoms with Crippen molar-refractivity contribution in [3.63, 3.8) is 0 Å². The van der Waals surface area contributed by atoms with Gasteiger partial charge in [-0.25, -0.2) is 0 Å². The van der Waals surface area contributed by atoms with Crippen molar-refractivity contribution in [2.75, 3.05) is 72.0 Å². The molecule has 4 aliphatic heterocycles. The molecule has 9 atom stereocenters. The van der Waals surface area contributed by atoms with E-state index >= 15 is 0 Å². The third-order valence-corrected chi connectivity index (χ3v) is 17.7. The molecule has 0 spiro atoms. The van der Waals surface area contributed by atoms with Gasteiger partial charge in [-0.15, -0.1) is 0 Å². The molecule has 346 valence electrons. The van der Waals surface area contributed by atoms with Crippen LogP contribution in [0.4, 0.5) is 0 Å². The van der Waals surface area contributed by atoms with Crippen LogP contribution in [0.5, 0.6) is 0 Å². The molecule has 0 amide bonds. The van der Waals surface area contributed by atoms with Gasteiger partial charge in [-0.2, -0.15) is 0 Å². The molecule has 4 aliphatic carbocycles. The van der Waals surface area contributed by atoms with Crippen molar-refractivity contribution in [2.24, 2.45) is 47.3 Å². The molecule has 8 aliphatic rings. The quantitative estimate of drug-likeness (QED) is 0.138. The third-order valence-electron chi connectivity index (χ3n) is 17.7. The molecule has 7 heteroatoms. The van der Waals surface area contributed by atoms with Gasteiger partial charge in [-0.1, -0.05) is 90.7 Å². The van der Waals surface area contributed by atoms with E-state index in [-0.39, 0.29) is 6.47 Å². The first-order chi connectivity index (χ1) is 29.4. The summed E-state index contributed by atoms with van der Waals surface area (Å²) in [6.07, 6.45) is 40.6. The van der Waals surface area contributed by atoms with Crippen LogP contribution < -0.4 is 0 Å². The highest BCUT2D eigenvalue weighted by atomic mass is 16.3. The number of allylic oxidation sites excluding steroid dienone is 2. The van der Waals surface area contributed by atoms with Crippen molar-refractivity contribution in [1.29, 1.82) is 0 Å². The minimum Gasteiger partial charge on any atom is -0.483 e. The molecular formula is C53H97N5O2. The summed E-state index contributed by atoms with van der Waals surface area (Å²) in [4.78, 5) is 22.4. The molecule has 60 heavy (non-hydrogen) atoms. The van der Waals surface area contributed by atoms with Gasteiger partial charge in [0.2, 0.25) is 0 Å². The first-order valence-electron chi connectivity index (χ1n) is 26.9. The maximum Gasteiger partial charge on any atom is 0.290 e. The van der Waals surface area contributed by atoms with E-state index in [1.807, 2.05) is 5.57 Å². The van der Waals surface area contributed by atoms with E-state index in [9.17, 15) is 0 Å². The third kappa shape index (κ3) is 13.8. The van der Waals surface area contributed by atoms with Gasteiger partial charge in [0, 0.05) is 26.2 Å². The van der Waals surface area contributed by atoms with E-state index in [1.165, 1.54) is 207 Å². The summed E-state index contributed by atoms with van der Waals surface area (Å²) in [7, 11) is 0. The zero-order valence-corrected chi connectivity index (χ0v) is 40.0. The SMILES string of the molecule is CC(C)CCCC(C)C1CCC2C1CCC1C3CCCCC3=CCC12.CCN(CCCN1CCCCN2CCCCCC21)CCCN1CCCN2CCCCCC21.O=CO. The van der Waals surface area contributed by atoms with E-state index in [0.29, 0.717) is 0 Å². The van der Waals surface area contributed by atoms with Crippen LogP contribution in [0.2, 0.25) is 0 Å². The first-order valence-corrected chi connectivity index (χ1v) is 26.9. The number of hydrogen-bond acceptors (Lipinski definition) is 6. The topological polar surface area (TPSA) is 53.5 Å². The van der Waals surface area contributed by atoms with E-state index in [4.69, 9.17) is 9.90 Å². The molecule has 4 heterocycles. The van der Waals surface area contributed by atoms with Gasteiger partial charge < -0.3 is 10.0 Å². The fourth-order valence-corrected chi connectivity index (χ4v) is 14.7. The Morgan fingerprint density at radius 1 is 0.633 bits per heavy atom. The zero-order valence-electron chi connectivity index (χ0n) is 40.0. The summed E-state index contributed by atoms with van der Waals surface area (Å²) < 4.78 is 0. The van der Waals surface area contributed by atoms with E-state index in [2.05, 4.69) is 58.3 Å². The predicted molar refractivity (Wildman–Crippen MR) is 253 cm³/mol. The van der Waals surface area contributed by atoms with Crippen LogP contribution >= 0.6 is 0 Å². The molecular weight excluding hydrogens is 739 g/mol. The van der Waals surface area contributed by atoms with Crippen LogP contribution in [-0.2, 0) is 4.79 Å². The predicted octanol–water partition coefficient (Wildman–Crippen LogP) is 11.6. The fourth-order valence-electron chi connectivity index (χ4n) is 14.7. The molecule has 0 aromatic heterocycles. The largest absolute Gasteiger partial charge is 0.483 e. The second-order valence-electron chi connectivity index (χ2n) is 21.8. The Morgan fingerprint density at radius 3 is 1.85 bits per heavy atom. The molecule has 0 radical (unpaired) electrons. The van der Waals surface area contributed by atoms with Crippen LogP contribution in [-0.4, -0.2) is 120 Å². The number of hydrogen-bond donors (Lipinski definition) is 1. The number of nitrogens with zero attached hydrogens (tertiary/aromatic N) is 5. The first kappa shape index (κ1) is 48.5. The normalized spacial score (nSPS) is 33.5. The average Bonchev–Trinajstić information content (AvgIpc) is 3.40. The smallest absolute Gasteiger partial charge is 0.290 e. The summed E-state index contributed by atoms with van der Waals surface area (Å²) in [6, 6.07) is 0. The van der Waals surface area contributed by atoms with Gasteiger partial charge >= 0.3 is 0 Å². The zero-order chi connectivity index (χ0) is 42.1. The second-order valence-corrected chi connectivity index (χ2v) is 21.8. The van der Waals surface area contributed by atoms with Gasteiger partial charge in [-0.3, -0.25) is 24.4 Å². The molecule has 1 N–H and O–H groups in total. The Labute approximate surface area is 371 Å². The van der Waals surface area contributed by atoms with Crippen LogP contribution in [0.1, 0.15) is 188 Å². The highest BCUT2D eigenvalue weighted by molar-refractivity contribution is 5.32. The Hall–Kier alpha value is -0.990. The Balaban J connectivity index is 0.000000194. The molecule has 4 saturated heterocycles. The summed E-state index contributed by atoms with van der Waals surface area (Å²) in [6.45, 7) is 23.9. The van der Waals surface area contributed by atoms with Crippen molar-refractivity contribution in [3.8, 4) is 0 Å². The summed E-state index contributed by atoms with van der Waals surface area (Å²) in [5.41, 5.74) is 1.89. The van der Waals surface area contributed by atoms with Crippen molar-refractivity contribution in [2.45, 2.75) is 201 Å². The van der Waals surface area contributed by atoms with Crippen LogP contribution in [0.25, 0.3) is 0 Å². The van der Waals surface area contributed by atoms with Gasteiger partial charge in [0.15, 0.2) is 0 Å². The summed E-state index contributed by atoms with van der Waals surface area (Å²) >= 11 is 0. The summed E-state index contributed by atoms with van der Waals surface area (Å²) in [5.74, 6) is 8.28. The standard InChI is InChI=1S/C27H53N5.C25H42.CH2O2/c1-2-28(17-12-23-32-25-13-24-30-19-8-4-6-15-27(30)32)16-11-22-31-21-10-9-20-29-18-7-3-5-14-26(29)31;1-17(2)7-6-8-18(3)20-13-14-25-22(20)15-16-23-21-10-5-4-9-19(21)11-12-24(23)25;2-1-3/h26-27H,2-25H2,1H3;11,17-18,20-25H,4-10,12-16H2,1-3H3;1H,(H,2,3). The maximum atomic E-state index is 8.36. The fraction of sp³-hybridized carbons (Fsp3) is 0.943. The summed E-state index contributed by atoms with van der Waals surface area (Å²) in [5, 5.41) is 6.89. The van der Waals surface area contributed by atoms with Crippen molar-refractivity contribution in [3.05, 3.63) is 11.6 Å². The molecule has 8 rings (SSSR count). The minimum atomic E-state index is -0.250. The van der Waals surface area contributed by atoms with E-state index < -0.39 is 0 Å². The number of fused-ring (bicyclic) bond motifs is 7. The van der Waals surface area contributed by atoms with E-state index in [0.717, 1.165) is 59.7 Å².